The standard InChI is InChI=1S/C12H13NO4/c1-3-11(8(2)14)12(15)9-4-6-10(7-5-9)13(16)17/h3-7,12,15H,1-2H3/b11-3-. The number of benzene rings is 1. The van der Waals surface area contributed by atoms with Crippen LogP contribution < -0.4 is 0 Å². The van der Waals surface area contributed by atoms with Crippen molar-refractivity contribution >= 4 is 11.5 Å². The molecule has 0 saturated carbocycles. The number of hydrogen-bond donors (Lipinski definition) is 1. The molecule has 17 heavy (non-hydrogen) atoms. The molecule has 1 aromatic rings. The molecule has 5 nitrogen and oxygen atoms in total. The van der Waals surface area contributed by atoms with E-state index in [0.717, 1.165) is 0 Å². The molecule has 0 amide bonds. The molecule has 0 aromatic heterocycles. The molecular formula is C12H13NO4. The Hall–Kier alpha value is -2.01. The second-order valence-corrected chi connectivity index (χ2v) is 3.55. The molecule has 0 aliphatic carbocycles. The Morgan fingerprint density at radius 2 is 1.94 bits per heavy atom. The summed E-state index contributed by atoms with van der Waals surface area (Å²) in [5.74, 6) is -0.224. The number of carbonyl (C=O) groups is 1. The van der Waals surface area contributed by atoms with E-state index in [1.54, 1.807) is 6.92 Å². The molecule has 0 radical (unpaired) electrons. The Morgan fingerprint density at radius 1 is 1.41 bits per heavy atom. The van der Waals surface area contributed by atoms with Crippen LogP contribution in [0.1, 0.15) is 25.5 Å². The lowest BCUT2D eigenvalue weighted by Gasteiger charge is -2.12. The van der Waals surface area contributed by atoms with Crippen molar-refractivity contribution in [2.75, 3.05) is 0 Å². The van der Waals surface area contributed by atoms with Crippen LogP contribution in [0.2, 0.25) is 0 Å². The van der Waals surface area contributed by atoms with Gasteiger partial charge in [-0.2, -0.15) is 0 Å². The fourth-order valence-electron chi connectivity index (χ4n) is 1.51. The number of rotatable bonds is 4. The first kappa shape index (κ1) is 13.1. The summed E-state index contributed by atoms with van der Waals surface area (Å²) in [6, 6.07) is 5.47. The number of Topliss-reactive ketones (excluding diaryl/α,β-unsaturated/α-hetero) is 1. The average molecular weight is 235 g/mol. The van der Waals surface area contributed by atoms with Crippen molar-refractivity contribution in [1.29, 1.82) is 0 Å². The van der Waals surface area contributed by atoms with Crippen LogP contribution in [0.3, 0.4) is 0 Å². The van der Waals surface area contributed by atoms with E-state index < -0.39 is 11.0 Å². The maximum Gasteiger partial charge on any atom is 0.269 e. The molecule has 1 N–H and O–H groups in total. The van der Waals surface area contributed by atoms with Crippen molar-refractivity contribution < 1.29 is 14.8 Å². The topological polar surface area (TPSA) is 80.4 Å². The van der Waals surface area contributed by atoms with E-state index in [2.05, 4.69) is 0 Å². The quantitative estimate of drug-likeness (QED) is 0.492. The molecular weight excluding hydrogens is 222 g/mol. The summed E-state index contributed by atoms with van der Waals surface area (Å²) in [6.45, 7) is 3.02. The molecule has 1 aromatic carbocycles. The van der Waals surface area contributed by atoms with Crippen LogP contribution in [-0.4, -0.2) is 15.8 Å². The van der Waals surface area contributed by atoms with Crippen molar-refractivity contribution in [1.82, 2.24) is 0 Å². The largest absolute Gasteiger partial charge is 0.384 e. The number of non-ortho nitro benzene ring substituents is 1. The number of allylic oxidation sites excluding steroid dienone is 1. The Morgan fingerprint density at radius 3 is 2.29 bits per heavy atom. The second kappa shape index (κ2) is 5.36. The fraction of sp³-hybridized carbons (Fsp3) is 0.250. The molecule has 0 saturated heterocycles. The van der Waals surface area contributed by atoms with Crippen molar-refractivity contribution in [3.8, 4) is 0 Å². The van der Waals surface area contributed by atoms with Crippen LogP contribution >= 0.6 is 0 Å². The van der Waals surface area contributed by atoms with Gasteiger partial charge in [-0.1, -0.05) is 6.08 Å². The Bertz CT molecular complexity index is 462. The van der Waals surface area contributed by atoms with Gasteiger partial charge in [0.2, 0.25) is 0 Å². The third-order valence-electron chi connectivity index (χ3n) is 2.43. The van der Waals surface area contributed by atoms with Crippen molar-refractivity contribution in [3.63, 3.8) is 0 Å². The third kappa shape index (κ3) is 2.98. The van der Waals surface area contributed by atoms with Crippen molar-refractivity contribution in [2.24, 2.45) is 0 Å². The first-order chi connectivity index (χ1) is 7.97. The number of hydrogen-bond acceptors (Lipinski definition) is 4. The summed E-state index contributed by atoms with van der Waals surface area (Å²) in [4.78, 5) is 21.2. The molecule has 5 heteroatoms. The molecule has 1 atom stereocenters. The highest BCUT2D eigenvalue weighted by molar-refractivity contribution is 5.94. The lowest BCUT2D eigenvalue weighted by atomic mass is 9.98. The highest BCUT2D eigenvalue weighted by Gasteiger charge is 2.17. The van der Waals surface area contributed by atoms with Crippen molar-refractivity contribution in [3.05, 3.63) is 51.6 Å². The summed E-state index contributed by atoms with van der Waals surface area (Å²) < 4.78 is 0. The summed E-state index contributed by atoms with van der Waals surface area (Å²) in [5.41, 5.74) is 0.684. The zero-order valence-electron chi connectivity index (χ0n) is 9.58. The summed E-state index contributed by atoms with van der Waals surface area (Å²) >= 11 is 0. The molecule has 0 bridgehead atoms. The summed E-state index contributed by atoms with van der Waals surface area (Å²) in [6.07, 6.45) is 0.493. The Labute approximate surface area is 98.5 Å². The van der Waals surface area contributed by atoms with E-state index in [-0.39, 0.29) is 17.0 Å². The van der Waals surface area contributed by atoms with Crippen LogP contribution in [-0.2, 0) is 4.79 Å². The molecule has 1 rings (SSSR count). The van der Waals surface area contributed by atoms with Crippen LogP contribution in [0, 0.1) is 10.1 Å². The predicted octanol–water partition coefficient (Wildman–Crippen LogP) is 2.16. The number of carbonyl (C=O) groups excluding carboxylic acids is 1. The van der Waals surface area contributed by atoms with Gasteiger partial charge >= 0.3 is 0 Å². The number of nitrogens with zero attached hydrogens (tertiary/aromatic N) is 1. The Balaban J connectivity index is 3.01. The lowest BCUT2D eigenvalue weighted by Crippen LogP contribution is -2.08. The van der Waals surface area contributed by atoms with Crippen LogP contribution in [0.25, 0.3) is 0 Å². The van der Waals surface area contributed by atoms with Crippen LogP contribution in [0.15, 0.2) is 35.9 Å². The predicted molar refractivity (Wildman–Crippen MR) is 62.5 cm³/mol. The van der Waals surface area contributed by atoms with Crippen LogP contribution in [0.4, 0.5) is 5.69 Å². The minimum Gasteiger partial charge on any atom is -0.384 e. The van der Waals surface area contributed by atoms with E-state index >= 15 is 0 Å². The van der Waals surface area contributed by atoms with Gasteiger partial charge < -0.3 is 5.11 Å². The fourth-order valence-corrected chi connectivity index (χ4v) is 1.51. The van der Waals surface area contributed by atoms with E-state index in [1.807, 2.05) is 0 Å². The van der Waals surface area contributed by atoms with Gasteiger partial charge in [-0.25, -0.2) is 0 Å². The van der Waals surface area contributed by atoms with Gasteiger partial charge in [0, 0.05) is 17.7 Å². The second-order valence-electron chi connectivity index (χ2n) is 3.55. The van der Waals surface area contributed by atoms with Crippen LogP contribution in [0.5, 0.6) is 0 Å². The van der Waals surface area contributed by atoms with Gasteiger partial charge in [-0.3, -0.25) is 14.9 Å². The number of aliphatic hydroxyl groups is 1. The van der Waals surface area contributed by atoms with Gasteiger partial charge in [0.25, 0.3) is 5.69 Å². The van der Waals surface area contributed by atoms with E-state index in [9.17, 15) is 20.0 Å². The lowest BCUT2D eigenvalue weighted by molar-refractivity contribution is -0.384. The average Bonchev–Trinajstić information content (AvgIpc) is 2.29. The van der Waals surface area contributed by atoms with Gasteiger partial charge in [-0.15, -0.1) is 0 Å². The zero-order chi connectivity index (χ0) is 13.0. The molecule has 0 aliphatic rings. The molecule has 0 heterocycles. The third-order valence-corrected chi connectivity index (χ3v) is 2.43. The smallest absolute Gasteiger partial charge is 0.269 e. The Kier molecular flexibility index (Phi) is 4.12. The summed E-state index contributed by atoms with van der Waals surface area (Å²) in [5, 5.41) is 20.4. The molecule has 90 valence electrons. The maximum atomic E-state index is 11.2. The number of nitro benzene ring substituents is 1. The normalized spacial score (nSPS) is 13.2. The SMILES string of the molecule is C/C=C(/C(C)=O)C(O)c1ccc([N+](=O)[O-])cc1. The number of ketones is 1. The van der Waals surface area contributed by atoms with E-state index in [4.69, 9.17) is 0 Å². The minimum absolute atomic E-state index is 0.0502. The zero-order valence-corrected chi connectivity index (χ0v) is 9.58. The van der Waals surface area contributed by atoms with Gasteiger partial charge in [0.15, 0.2) is 5.78 Å². The molecule has 0 fully saturated rings. The van der Waals surface area contributed by atoms with Gasteiger partial charge in [0.1, 0.15) is 6.10 Å². The highest BCUT2D eigenvalue weighted by Crippen LogP contribution is 2.24. The minimum atomic E-state index is -1.04. The first-order valence-corrected chi connectivity index (χ1v) is 5.07. The monoisotopic (exact) mass is 235 g/mol. The molecule has 0 aliphatic heterocycles. The molecule has 0 spiro atoms. The van der Waals surface area contributed by atoms with E-state index in [1.165, 1.54) is 37.3 Å². The number of nitro groups is 1. The van der Waals surface area contributed by atoms with Crippen molar-refractivity contribution in [2.45, 2.75) is 20.0 Å². The van der Waals surface area contributed by atoms with Gasteiger partial charge in [-0.05, 0) is 31.5 Å². The van der Waals surface area contributed by atoms with E-state index in [0.29, 0.717) is 5.56 Å². The van der Waals surface area contributed by atoms with Gasteiger partial charge in [0.05, 0.1) is 4.92 Å². The maximum absolute atomic E-state index is 11.2. The summed E-state index contributed by atoms with van der Waals surface area (Å²) in [7, 11) is 0. The number of aliphatic hydroxyl groups excluding tert-OH is 1. The first-order valence-electron chi connectivity index (χ1n) is 5.07. The highest BCUT2D eigenvalue weighted by atomic mass is 16.6. The molecule has 1 unspecified atom stereocenters.